The van der Waals surface area contributed by atoms with Gasteiger partial charge in [-0.1, -0.05) is 6.07 Å². The predicted octanol–water partition coefficient (Wildman–Crippen LogP) is 3.96. The van der Waals surface area contributed by atoms with Crippen molar-refractivity contribution in [3.8, 4) is 11.5 Å². The summed E-state index contributed by atoms with van der Waals surface area (Å²) in [6.45, 7) is 0.0119. The molecule has 1 saturated heterocycles. The molecule has 3 aromatic rings. The normalized spacial score (nSPS) is 15.7. The molecule has 9 heteroatoms. The number of carbonyl (C=O) groups excluding carboxylic acids is 2. The SMILES string of the molecule is O=C(NCc1ccc(Oc2cccnc2)c(F)c1)C1CC(=O)N(c2ccc(F)cc2F)C1. The molecule has 1 unspecified atom stereocenters. The average Bonchev–Trinajstić information content (AvgIpc) is 3.16. The molecule has 0 spiro atoms. The number of carbonyl (C=O) groups is 2. The second-order valence-electron chi connectivity index (χ2n) is 7.27. The van der Waals surface area contributed by atoms with Crippen LogP contribution in [0.25, 0.3) is 0 Å². The van der Waals surface area contributed by atoms with Crippen LogP contribution in [-0.4, -0.2) is 23.3 Å². The topological polar surface area (TPSA) is 71.5 Å². The van der Waals surface area contributed by atoms with Crippen LogP contribution in [0.2, 0.25) is 0 Å². The summed E-state index contributed by atoms with van der Waals surface area (Å²) in [4.78, 5) is 29.8. The Bertz CT molecular complexity index is 1160. The summed E-state index contributed by atoms with van der Waals surface area (Å²) in [5.74, 6) is -3.37. The molecule has 0 aliphatic carbocycles. The zero-order valence-corrected chi connectivity index (χ0v) is 16.7. The fraction of sp³-hybridized carbons (Fsp3) is 0.174. The van der Waals surface area contributed by atoms with Crippen molar-refractivity contribution in [2.75, 3.05) is 11.4 Å². The van der Waals surface area contributed by atoms with E-state index in [1.54, 1.807) is 24.4 Å². The highest BCUT2D eigenvalue weighted by Crippen LogP contribution is 2.28. The fourth-order valence-electron chi connectivity index (χ4n) is 3.42. The van der Waals surface area contributed by atoms with Gasteiger partial charge in [0.1, 0.15) is 17.4 Å². The molecule has 1 aliphatic rings. The highest BCUT2D eigenvalue weighted by atomic mass is 19.1. The van der Waals surface area contributed by atoms with Crippen LogP contribution in [0.5, 0.6) is 11.5 Å². The molecule has 1 aromatic heterocycles. The van der Waals surface area contributed by atoms with Gasteiger partial charge in [-0.25, -0.2) is 13.2 Å². The summed E-state index contributed by atoms with van der Waals surface area (Å²) < 4.78 is 46.9. The molecule has 2 heterocycles. The summed E-state index contributed by atoms with van der Waals surface area (Å²) in [5.41, 5.74) is 0.429. The molecule has 0 saturated carbocycles. The number of anilines is 1. The van der Waals surface area contributed by atoms with E-state index in [1.807, 2.05) is 0 Å². The van der Waals surface area contributed by atoms with E-state index in [1.165, 1.54) is 24.4 Å². The molecule has 0 bridgehead atoms. The van der Waals surface area contributed by atoms with Crippen molar-refractivity contribution < 1.29 is 27.5 Å². The van der Waals surface area contributed by atoms with Gasteiger partial charge in [0.05, 0.1) is 17.8 Å². The molecule has 2 amide bonds. The van der Waals surface area contributed by atoms with Gasteiger partial charge >= 0.3 is 0 Å². The number of hydrogen-bond acceptors (Lipinski definition) is 4. The largest absolute Gasteiger partial charge is 0.453 e. The minimum atomic E-state index is -0.872. The molecule has 1 fully saturated rings. The zero-order valence-electron chi connectivity index (χ0n) is 16.7. The van der Waals surface area contributed by atoms with Crippen molar-refractivity contribution in [2.24, 2.45) is 5.92 Å². The molecule has 164 valence electrons. The summed E-state index contributed by atoms with van der Waals surface area (Å²) in [7, 11) is 0. The first-order chi connectivity index (χ1) is 15.4. The monoisotopic (exact) mass is 441 g/mol. The van der Waals surface area contributed by atoms with Gasteiger partial charge in [0, 0.05) is 31.8 Å². The van der Waals surface area contributed by atoms with Gasteiger partial charge in [-0.3, -0.25) is 14.6 Å². The number of aromatic nitrogens is 1. The zero-order chi connectivity index (χ0) is 22.7. The summed E-state index contributed by atoms with van der Waals surface area (Å²) >= 11 is 0. The maximum absolute atomic E-state index is 14.3. The number of nitrogens with zero attached hydrogens (tertiary/aromatic N) is 2. The number of rotatable bonds is 6. The Labute approximate surface area is 181 Å². The maximum atomic E-state index is 14.3. The number of pyridine rings is 1. The molecule has 6 nitrogen and oxygen atoms in total. The van der Waals surface area contributed by atoms with Crippen molar-refractivity contribution in [3.63, 3.8) is 0 Å². The smallest absolute Gasteiger partial charge is 0.227 e. The van der Waals surface area contributed by atoms with Crippen molar-refractivity contribution in [3.05, 3.63) is 83.9 Å². The first kappa shape index (κ1) is 21.4. The highest BCUT2D eigenvalue weighted by molar-refractivity contribution is 6.00. The Morgan fingerprint density at radius 2 is 1.97 bits per heavy atom. The van der Waals surface area contributed by atoms with Gasteiger partial charge in [0.25, 0.3) is 0 Å². The van der Waals surface area contributed by atoms with Crippen LogP contribution < -0.4 is 15.0 Å². The summed E-state index contributed by atoms with van der Waals surface area (Å²) in [6.07, 6.45) is 2.93. The van der Waals surface area contributed by atoms with Gasteiger partial charge in [-0.2, -0.15) is 0 Å². The quantitative estimate of drug-likeness (QED) is 0.629. The fourth-order valence-corrected chi connectivity index (χ4v) is 3.42. The second-order valence-corrected chi connectivity index (χ2v) is 7.27. The number of amides is 2. The van der Waals surface area contributed by atoms with Crippen molar-refractivity contribution in [1.29, 1.82) is 0 Å². The summed E-state index contributed by atoms with van der Waals surface area (Å²) in [6, 6.07) is 10.5. The molecule has 32 heavy (non-hydrogen) atoms. The van der Waals surface area contributed by atoms with Crippen molar-refractivity contribution >= 4 is 17.5 Å². The van der Waals surface area contributed by atoms with Crippen LogP contribution in [0.4, 0.5) is 18.9 Å². The lowest BCUT2D eigenvalue weighted by atomic mass is 10.1. The van der Waals surface area contributed by atoms with E-state index in [4.69, 9.17) is 4.74 Å². The number of hydrogen-bond donors (Lipinski definition) is 1. The van der Waals surface area contributed by atoms with E-state index in [-0.39, 0.29) is 30.9 Å². The maximum Gasteiger partial charge on any atom is 0.227 e. The van der Waals surface area contributed by atoms with E-state index in [0.717, 1.165) is 11.0 Å². The van der Waals surface area contributed by atoms with Gasteiger partial charge in [-0.05, 0) is 42.0 Å². The Kier molecular flexibility index (Phi) is 6.07. The van der Waals surface area contributed by atoms with Gasteiger partial charge in [0.2, 0.25) is 11.8 Å². The van der Waals surface area contributed by atoms with E-state index in [9.17, 15) is 22.8 Å². The van der Waals surface area contributed by atoms with Crippen LogP contribution in [0.3, 0.4) is 0 Å². The Hall–Kier alpha value is -3.88. The third-order valence-electron chi connectivity index (χ3n) is 5.02. The van der Waals surface area contributed by atoms with E-state index in [2.05, 4.69) is 10.3 Å². The molecule has 1 N–H and O–H groups in total. The van der Waals surface area contributed by atoms with E-state index in [0.29, 0.717) is 17.4 Å². The standard InChI is InChI=1S/C23H18F3N3O3/c24-16-4-5-20(18(25)10-16)29-13-15(9-22(29)30)23(31)28-11-14-3-6-21(19(26)8-14)32-17-2-1-7-27-12-17/h1-8,10,12,15H,9,11,13H2,(H,28,31). The Morgan fingerprint density at radius 3 is 2.69 bits per heavy atom. The van der Waals surface area contributed by atoms with Gasteiger partial charge in [0.15, 0.2) is 11.6 Å². The van der Waals surface area contributed by atoms with E-state index < -0.39 is 35.2 Å². The van der Waals surface area contributed by atoms with Crippen LogP contribution in [-0.2, 0) is 16.1 Å². The molecular formula is C23H18F3N3O3. The molecule has 1 aliphatic heterocycles. The highest BCUT2D eigenvalue weighted by Gasteiger charge is 2.36. The van der Waals surface area contributed by atoms with E-state index >= 15 is 0 Å². The lowest BCUT2D eigenvalue weighted by Crippen LogP contribution is -2.32. The van der Waals surface area contributed by atoms with Crippen molar-refractivity contribution in [2.45, 2.75) is 13.0 Å². The van der Waals surface area contributed by atoms with Gasteiger partial charge < -0.3 is 15.0 Å². The van der Waals surface area contributed by atoms with Crippen LogP contribution in [0.1, 0.15) is 12.0 Å². The number of nitrogens with one attached hydrogen (secondary N) is 1. The molecule has 1 atom stereocenters. The second kappa shape index (κ2) is 9.09. The third-order valence-corrected chi connectivity index (χ3v) is 5.02. The number of halogens is 3. The molecule has 4 rings (SSSR count). The van der Waals surface area contributed by atoms with Crippen LogP contribution in [0, 0.1) is 23.4 Å². The van der Waals surface area contributed by atoms with Crippen LogP contribution in [0.15, 0.2) is 60.9 Å². The summed E-state index contributed by atoms with van der Waals surface area (Å²) in [5, 5.41) is 2.66. The number of ether oxygens (including phenoxy) is 1. The van der Waals surface area contributed by atoms with Crippen LogP contribution >= 0.6 is 0 Å². The lowest BCUT2D eigenvalue weighted by molar-refractivity contribution is -0.126. The third kappa shape index (κ3) is 4.72. The minimum Gasteiger partial charge on any atom is -0.453 e. The van der Waals surface area contributed by atoms with Crippen molar-refractivity contribution in [1.82, 2.24) is 10.3 Å². The average molecular weight is 441 g/mol. The molecular weight excluding hydrogens is 423 g/mol. The molecule has 2 aromatic carbocycles. The predicted molar refractivity (Wildman–Crippen MR) is 109 cm³/mol. The first-order valence-electron chi connectivity index (χ1n) is 9.80. The number of benzene rings is 2. The minimum absolute atomic E-state index is 0.0198. The first-order valence-corrected chi connectivity index (χ1v) is 9.80. The Balaban J connectivity index is 1.35. The van der Waals surface area contributed by atoms with Gasteiger partial charge in [-0.15, -0.1) is 0 Å². The Morgan fingerprint density at radius 1 is 1.12 bits per heavy atom. The lowest BCUT2D eigenvalue weighted by Gasteiger charge is -2.17. The molecule has 0 radical (unpaired) electrons.